The number of aromatic nitrogens is 3. The lowest BCUT2D eigenvalue weighted by Crippen LogP contribution is -2.32. The zero-order valence-corrected chi connectivity index (χ0v) is 22.6. The number of anilines is 1. The Morgan fingerprint density at radius 2 is 2.03 bits per heavy atom. The molecule has 0 fully saturated rings. The van der Waals surface area contributed by atoms with Crippen LogP contribution in [0.15, 0.2) is 57.6 Å². The number of sulfonamides is 1. The molecule has 0 aliphatic heterocycles. The van der Waals surface area contributed by atoms with Gasteiger partial charge >= 0.3 is 0 Å². The molecule has 39 heavy (non-hydrogen) atoms. The number of amides is 1. The Bertz CT molecular complexity index is 1690. The summed E-state index contributed by atoms with van der Waals surface area (Å²) >= 11 is 5.97. The van der Waals surface area contributed by atoms with Gasteiger partial charge in [-0.05, 0) is 29.8 Å². The van der Waals surface area contributed by atoms with Crippen LogP contribution in [-0.4, -0.2) is 49.2 Å². The molecule has 2 aromatic heterocycles. The van der Waals surface area contributed by atoms with Crippen LogP contribution in [0.4, 0.5) is 14.5 Å². The Morgan fingerprint density at radius 3 is 2.69 bits per heavy atom. The summed E-state index contributed by atoms with van der Waals surface area (Å²) in [5.41, 5.74) is -0.346. The standard InChI is InChI=1S/C25H24ClF2N5O5S/c1-13(23(34)29-2)11-33-12-31-22-17(25(33)35)6-14(7-19(22)28)15-8-20(24(38-3)30-10-15)32-39(36,37)21-5-4-16(27)9-18(21)26/h5-10,12-13,16,32H,4,11H2,1-3H3,(H,29,34)/t13-,16?/m1/s1. The summed E-state index contributed by atoms with van der Waals surface area (Å²) < 4.78 is 63.3. The third-order valence-corrected chi connectivity index (χ3v) is 7.94. The first-order valence-corrected chi connectivity index (χ1v) is 13.5. The van der Waals surface area contributed by atoms with Crippen LogP contribution in [0.5, 0.6) is 5.88 Å². The lowest BCUT2D eigenvalue weighted by Gasteiger charge is -2.17. The fourth-order valence-corrected chi connectivity index (χ4v) is 5.76. The average molecular weight is 580 g/mol. The molecule has 2 heterocycles. The van der Waals surface area contributed by atoms with Crippen molar-refractivity contribution in [3.63, 3.8) is 0 Å². The van der Waals surface area contributed by atoms with Crippen LogP contribution in [0.3, 0.4) is 0 Å². The van der Waals surface area contributed by atoms with E-state index in [4.69, 9.17) is 16.3 Å². The number of hydrogen-bond acceptors (Lipinski definition) is 7. The number of rotatable bonds is 8. The number of fused-ring (bicyclic) bond motifs is 1. The summed E-state index contributed by atoms with van der Waals surface area (Å²) in [5.74, 6) is -1.68. The highest BCUT2D eigenvalue weighted by molar-refractivity contribution is 7.96. The SMILES string of the molecule is CNC(=O)[C@H](C)Cn1cnc2c(F)cc(-c3cnc(OC)c(NS(=O)(=O)C4=CCC(F)C=C4Cl)c3)cc2c1=O. The van der Waals surface area contributed by atoms with Crippen molar-refractivity contribution in [2.45, 2.75) is 26.1 Å². The first-order valence-electron chi connectivity index (χ1n) is 11.6. The van der Waals surface area contributed by atoms with Crippen LogP contribution < -0.4 is 20.3 Å². The molecule has 0 saturated heterocycles. The molecule has 3 aromatic rings. The van der Waals surface area contributed by atoms with Gasteiger partial charge < -0.3 is 10.1 Å². The van der Waals surface area contributed by atoms with Gasteiger partial charge in [0.1, 0.15) is 28.1 Å². The van der Waals surface area contributed by atoms with E-state index in [2.05, 4.69) is 20.0 Å². The van der Waals surface area contributed by atoms with Gasteiger partial charge in [0.25, 0.3) is 15.6 Å². The third kappa shape index (κ3) is 5.78. The van der Waals surface area contributed by atoms with Crippen LogP contribution in [0.25, 0.3) is 22.0 Å². The zero-order valence-electron chi connectivity index (χ0n) is 21.0. The van der Waals surface area contributed by atoms with Crippen LogP contribution in [0, 0.1) is 11.7 Å². The van der Waals surface area contributed by atoms with Crippen molar-refractivity contribution in [3.05, 3.63) is 69.0 Å². The van der Waals surface area contributed by atoms with Gasteiger partial charge in [0, 0.05) is 31.8 Å². The molecule has 1 aliphatic rings. The minimum absolute atomic E-state index is 0.0271. The fraction of sp³-hybridized carbons (Fsp3) is 0.280. The van der Waals surface area contributed by atoms with E-state index in [9.17, 15) is 22.4 Å². The molecule has 2 N–H and O–H groups in total. The average Bonchev–Trinajstić information content (AvgIpc) is 2.89. The van der Waals surface area contributed by atoms with E-state index >= 15 is 4.39 Å². The second-order valence-electron chi connectivity index (χ2n) is 8.79. The van der Waals surface area contributed by atoms with Gasteiger partial charge in [0.05, 0.1) is 29.8 Å². The number of hydrogen-bond donors (Lipinski definition) is 2. The van der Waals surface area contributed by atoms with Crippen molar-refractivity contribution in [2.24, 2.45) is 5.92 Å². The number of halogens is 3. The number of ether oxygens (including phenoxy) is 1. The molecular formula is C25H24ClF2N5O5S. The molecule has 1 amide bonds. The topological polar surface area (TPSA) is 132 Å². The van der Waals surface area contributed by atoms with E-state index in [1.165, 1.54) is 49.5 Å². The summed E-state index contributed by atoms with van der Waals surface area (Å²) in [6.45, 7) is 1.67. The first-order chi connectivity index (χ1) is 18.4. The van der Waals surface area contributed by atoms with Crippen LogP contribution in [0.1, 0.15) is 13.3 Å². The highest BCUT2D eigenvalue weighted by Crippen LogP contribution is 2.34. The second-order valence-corrected chi connectivity index (χ2v) is 10.9. The molecule has 14 heteroatoms. The normalized spacial score (nSPS) is 16.3. The van der Waals surface area contributed by atoms with E-state index in [0.717, 1.165) is 12.1 Å². The number of methoxy groups -OCH3 is 1. The van der Waals surface area contributed by atoms with Gasteiger partial charge in [-0.2, -0.15) is 0 Å². The van der Waals surface area contributed by atoms with E-state index in [1.54, 1.807) is 6.92 Å². The van der Waals surface area contributed by atoms with Crippen LogP contribution in [-0.2, 0) is 21.4 Å². The Balaban J connectivity index is 1.75. The van der Waals surface area contributed by atoms with Gasteiger partial charge in [-0.15, -0.1) is 0 Å². The first kappa shape index (κ1) is 28.2. The van der Waals surface area contributed by atoms with Gasteiger partial charge in [0.2, 0.25) is 11.8 Å². The van der Waals surface area contributed by atoms with E-state index in [0.29, 0.717) is 0 Å². The summed E-state index contributed by atoms with van der Waals surface area (Å²) in [6, 6.07) is 3.89. The molecule has 2 atom stereocenters. The van der Waals surface area contributed by atoms with E-state index < -0.39 is 33.5 Å². The third-order valence-electron chi connectivity index (χ3n) is 6.05. The monoisotopic (exact) mass is 579 g/mol. The molecule has 1 aliphatic carbocycles. The number of carbonyl (C=O) groups excluding carboxylic acids is 1. The second kappa shape index (κ2) is 11.1. The van der Waals surface area contributed by atoms with Crippen molar-refractivity contribution >= 4 is 44.1 Å². The Morgan fingerprint density at radius 1 is 1.28 bits per heavy atom. The van der Waals surface area contributed by atoms with Gasteiger partial charge in [-0.25, -0.2) is 27.2 Å². The largest absolute Gasteiger partial charge is 0.480 e. The molecular weight excluding hydrogens is 556 g/mol. The molecule has 0 saturated carbocycles. The maximum absolute atomic E-state index is 15.0. The quantitative estimate of drug-likeness (QED) is 0.417. The Labute approximate surface area is 227 Å². The van der Waals surface area contributed by atoms with Gasteiger partial charge in [0.15, 0.2) is 0 Å². The molecule has 0 bridgehead atoms. The smallest absolute Gasteiger partial charge is 0.263 e. The highest BCUT2D eigenvalue weighted by atomic mass is 35.5. The predicted molar refractivity (Wildman–Crippen MR) is 143 cm³/mol. The number of allylic oxidation sites excluding steroid dienone is 3. The van der Waals surface area contributed by atoms with Crippen molar-refractivity contribution in [1.82, 2.24) is 19.9 Å². The molecule has 4 rings (SSSR count). The highest BCUT2D eigenvalue weighted by Gasteiger charge is 2.26. The minimum Gasteiger partial charge on any atom is -0.480 e. The lowest BCUT2D eigenvalue weighted by atomic mass is 10.0. The van der Waals surface area contributed by atoms with Crippen molar-refractivity contribution < 1.29 is 26.7 Å². The molecule has 1 unspecified atom stereocenters. The molecule has 0 spiro atoms. The molecule has 0 radical (unpaired) electrons. The van der Waals surface area contributed by atoms with Crippen molar-refractivity contribution in [1.29, 1.82) is 0 Å². The molecule has 206 valence electrons. The maximum atomic E-state index is 15.0. The molecule has 1 aromatic carbocycles. The van der Waals surface area contributed by atoms with E-state index in [1.807, 2.05) is 0 Å². The lowest BCUT2D eigenvalue weighted by molar-refractivity contribution is -0.124. The maximum Gasteiger partial charge on any atom is 0.263 e. The summed E-state index contributed by atoms with van der Waals surface area (Å²) in [6.07, 6.45) is 3.10. The number of carbonyl (C=O) groups is 1. The zero-order chi connectivity index (χ0) is 28.5. The summed E-state index contributed by atoms with van der Waals surface area (Å²) in [4.78, 5) is 32.9. The van der Waals surface area contributed by atoms with Gasteiger partial charge in [-0.1, -0.05) is 24.6 Å². The summed E-state index contributed by atoms with van der Waals surface area (Å²) in [7, 11) is -1.50. The Hall–Kier alpha value is -3.84. The minimum atomic E-state index is -4.26. The fourth-order valence-electron chi connectivity index (χ4n) is 4.06. The number of alkyl halides is 1. The molecule has 10 nitrogen and oxygen atoms in total. The van der Waals surface area contributed by atoms with Crippen LogP contribution >= 0.6 is 11.6 Å². The number of nitrogens with zero attached hydrogens (tertiary/aromatic N) is 3. The van der Waals surface area contributed by atoms with E-state index in [-0.39, 0.29) is 62.4 Å². The van der Waals surface area contributed by atoms with Gasteiger partial charge in [-0.3, -0.25) is 18.9 Å². The summed E-state index contributed by atoms with van der Waals surface area (Å²) in [5, 5.41) is 2.20. The number of nitrogens with one attached hydrogen (secondary N) is 2. The Kier molecular flexibility index (Phi) is 8.02. The van der Waals surface area contributed by atoms with Crippen LogP contribution in [0.2, 0.25) is 0 Å². The van der Waals surface area contributed by atoms with Crippen molar-refractivity contribution in [2.75, 3.05) is 18.9 Å². The predicted octanol–water partition coefficient (Wildman–Crippen LogP) is 3.48. The number of benzene rings is 1. The number of pyridine rings is 1. The van der Waals surface area contributed by atoms with Crippen molar-refractivity contribution in [3.8, 4) is 17.0 Å².